The maximum absolute atomic E-state index is 14.9. The molecule has 9 N–H and O–H groups in total. The van der Waals surface area contributed by atoms with Crippen LogP contribution >= 0.6 is 11.8 Å². The molecule has 594 valence electrons. The SMILES string of the molecule is CCC(=O)NC(CSC(CC(=O)O)C(=O)NCCCCCC(=O)N[C@H](C(=O)CC(CCCNC(N)=O)C(=O)Nc1ccc(COC(=O)N(C)[C@@H](C(=O)CC(C(=O)N(C)C([C@@H](C)CC)[C@@H](CC(=O)N2CCC[C@H]2C(OC)[C@@H](C)C(=O)C[C@H](C)[C@@H](O)c2ccccc2)OC)C(C)C)C(C)C)cc1)C(C)C)C(C)=O. The van der Waals surface area contributed by atoms with E-state index in [9.17, 15) is 72.5 Å². The largest absolute Gasteiger partial charge is 0.481 e. The minimum absolute atomic E-state index is 0.0106. The number of primary amides is 1. The van der Waals surface area contributed by atoms with Gasteiger partial charge >= 0.3 is 18.1 Å². The topological polar surface area (TPSA) is 386 Å². The van der Waals surface area contributed by atoms with Crippen molar-refractivity contribution in [3.05, 3.63) is 65.7 Å². The Morgan fingerprint density at radius 3 is 1.91 bits per heavy atom. The summed E-state index contributed by atoms with van der Waals surface area (Å²) in [6.45, 7) is 22.0. The third-order valence-electron chi connectivity index (χ3n) is 20.2. The second-order valence-electron chi connectivity index (χ2n) is 29.3. The van der Waals surface area contributed by atoms with E-state index in [0.29, 0.717) is 56.3 Å². The lowest BCUT2D eigenvalue weighted by atomic mass is 9.83. The molecular weight excluding hydrogens is 1380 g/mol. The molecule has 1 saturated heterocycles. The lowest BCUT2D eigenvalue weighted by Crippen LogP contribution is -2.54. The van der Waals surface area contributed by atoms with E-state index < -0.39 is 120 Å². The fraction of sp³-hybridized carbons (Fsp3) is 0.679. The number of thioether (sulfide) groups is 1. The monoisotopic (exact) mass is 1510 g/mol. The Bertz CT molecular complexity index is 3190. The maximum atomic E-state index is 14.9. The number of nitrogens with one attached hydrogen (secondary N) is 5. The second-order valence-corrected chi connectivity index (χ2v) is 30.6. The first-order valence-corrected chi connectivity index (χ1v) is 38.5. The van der Waals surface area contributed by atoms with E-state index in [2.05, 4.69) is 26.6 Å². The number of ether oxygens (including phenoxy) is 3. The molecule has 28 heteroatoms. The molecule has 0 aromatic heterocycles. The molecule has 1 aliphatic rings. The zero-order chi connectivity index (χ0) is 79.7. The first-order chi connectivity index (χ1) is 50.0. The van der Waals surface area contributed by atoms with Crippen molar-refractivity contribution in [2.45, 2.75) is 240 Å². The molecule has 14 atom stereocenters. The predicted octanol–water partition coefficient (Wildman–Crippen LogP) is 8.60. The van der Waals surface area contributed by atoms with E-state index in [1.54, 1.807) is 82.8 Å². The quantitative estimate of drug-likeness (QED) is 0.0287. The molecule has 0 spiro atoms. The van der Waals surface area contributed by atoms with E-state index in [4.69, 9.17) is 19.9 Å². The van der Waals surface area contributed by atoms with Gasteiger partial charge in [-0.05, 0) is 98.3 Å². The fourth-order valence-corrected chi connectivity index (χ4v) is 14.9. The number of aliphatic carboxylic acids is 1. The Morgan fingerprint density at radius 1 is 0.689 bits per heavy atom. The minimum Gasteiger partial charge on any atom is -0.481 e. The summed E-state index contributed by atoms with van der Waals surface area (Å²) < 4.78 is 17.9. The molecule has 0 bridgehead atoms. The molecule has 0 radical (unpaired) electrons. The number of carbonyl (C=O) groups excluding carboxylic acids is 12. The summed E-state index contributed by atoms with van der Waals surface area (Å²) in [6, 6.07) is 11.1. The van der Waals surface area contributed by atoms with Crippen molar-refractivity contribution in [2.75, 3.05) is 59.0 Å². The molecule has 2 aromatic carbocycles. The Labute approximate surface area is 631 Å². The zero-order valence-electron chi connectivity index (χ0n) is 65.4. The van der Waals surface area contributed by atoms with Crippen molar-refractivity contribution >= 4 is 94.1 Å². The number of amides is 9. The number of carboxylic acid groups (broad SMARTS) is 1. The summed E-state index contributed by atoms with van der Waals surface area (Å²) in [6.07, 6.45) is 0.0711. The number of hydrogen-bond acceptors (Lipinski definition) is 18. The van der Waals surface area contributed by atoms with Gasteiger partial charge in [0.05, 0.1) is 66.6 Å². The molecule has 6 unspecified atom stereocenters. The predicted molar refractivity (Wildman–Crippen MR) is 405 cm³/mol. The number of anilines is 1. The molecular formula is C78H123N9O18S. The molecule has 3 rings (SSSR count). The van der Waals surface area contributed by atoms with Gasteiger partial charge in [0.2, 0.25) is 35.4 Å². The normalized spacial score (nSPS) is 16.6. The van der Waals surface area contributed by atoms with Gasteiger partial charge in [-0.3, -0.25) is 52.7 Å². The van der Waals surface area contributed by atoms with Crippen molar-refractivity contribution in [3.63, 3.8) is 0 Å². The van der Waals surface area contributed by atoms with Crippen LogP contribution in [0.2, 0.25) is 0 Å². The van der Waals surface area contributed by atoms with Gasteiger partial charge in [-0.15, -0.1) is 11.8 Å². The minimum atomic E-state index is -1.21. The number of urea groups is 1. The van der Waals surface area contributed by atoms with Crippen molar-refractivity contribution in [1.82, 2.24) is 36.0 Å². The average Bonchev–Trinajstić information content (AvgIpc) is 1.54. The average molecular weight is 1510 g/mol. The third kappa shape index (κ3) is 30.1. The van der Waals surface area contributed by atoms with Crippen molar-refractivity contribution < 1.29 is 86.8 Å². The number of likely N-dealkylation sites (tertiary alicyclic amines) is 1. The van der Waals surface area contributed by atoms with Crippen LogP contribution in [0, 0.1) is 47.3 Å². The lowest BCUT2D eigenvalue weighted by Gasteiger charge is -2.41. The van der Waals surface area contributed by atoms with Crippen LogP contribution in [0.15, 0.2) is 54.6 Å². The van der Waals surface area contributed by atoms with Crippen LogP contribution < -0.4 is 32.3 Å². The number of unbranched alkanes of at least 4 members (excludes halogenated alkanes) is 2. The second kappa shape index (κ2) is 47.1. The number of aliphatic hydroxyl groups is 1. The maximum Gasteiger partial charge on any atom is 0.410 e. The Hall–Kier alpha value is -7.82. The number of methoxy groups -OCH3 is 2. The van der Waals surface area contributed by atoms with Gasteiger partial charge in [-0.1, -0.05) is 131 Å². The molecule has 0 aliphatic carbocycles. The van der Waals surface area contributed by atoms with Crippen LogP contribution in [0.4, 0.5) is 15.3 Å². The third-order valence-corrected chi connectivity index (χ3v) is 21.5. The number of carbonyl (C=O) groups is 13. The van der Waals surface area contributed by atoms with Crippen LogP contribution in [0.25, 0.3) is 0 Å². The van der Waals surface area contributed by atoms with Gasteiger partial charge in [0, 0.05) is 109 Å². The van der Waals surface area contributed by atoms with Crippen LogP contribution in [0.1, 0.15) is 197 Å². The first-order valence-electron chi connectivity index (χ1n) is 37.5. The summed E-state index contributed by atoms with van der Waals surface area (Å²) in [5.74, 6) is -8.54. The van der Waals surface area contributed by atoms with Gasteiger partial charge < -0.3 is 71.4 Å². The van der Waals surface area contributed by atoms with Gasteiger partial charge in [0.15, 0.2) is 17.3 Å². The number of ketones is 4. The lowest BCUT2D eigenvalue weighted by molar-refractivity contribution is -0.149. The Balaban J connectivity index is 1.65. The number of rotatable bonds is 50. The Morgan fingerprint density at radius 2 is 1.34 bits per heavy atom. The fourth-order valence-electron chi connectivity index (χ4n) is 13.7. The van der Waals surface area contributed by atoms with E-state index >= 15 is 0 Å². The molecule has 2 aromatic rings. The summed E-state index contributed by atoms with van der Waals surface area (Å²) in [5.41, 5.74) is 6.91. The van der Waals surface area contributed by atoms with E-state index in [1.807, 2.05) is 71.9 Å². The Kier molecular flexibility index (Phi) is 41.0. The number of likely N-dealkylation sites (N-methyl/N-ethyl adjacent to an activating group) is 2. The summed E-state index contributed by atoms with van der Waals surface area (Å²) in [4.78, 5) is 178. The number of aliphatic hydroxyl groups excluding tert-OH is 1. The molecule has 1 fully saturated rings. The standard InChI is InChI=1S/C78H123N9O18S/c1-17-49(9)71(63(103-15)42-67(94)87-38-26-30-59(87)73(104-16)51(11)60(89)39-50(10)72(97)54-27-21-19-22-28-54)85(13)76(100)57(46(3)4)41-62(91)70(48(7)8)86(14)78(102)105-44-53-32-34-56(35-33-53)82-74(98)55(29-25-37-81-77(79)101)40-61(90)69(47(5)6)84-66(93)31-23-20-24-36-80-75(99)64(43-68(95)96)106-45-58(52(12)88)83-65(92)18-2/h19,21-22,27-28,32-35,46-51,55,57-59,63-64,69-73,97H,17-18,20,23-26,29-31,36-45H2,1-16H3,(H,80,99)(H,82,98)(H,83,92)(H,84,93)(H,95,96)(H3,79,81,101)/t49-,50-,51-,55?,57?,58?,59-,63+,64?,69-,70+,71?,72+,73?/m0/s1. The van der Waals surface area contributed by atoms with Gasteiger partial charge in [0.1, 0.15) is 12.4 Å². The summed E-state index contributed by atoms with van der Waals surface area (Å²) in [5, 5.41) is 32.9. The van der Waals surface area contributed by atoms with E-state index in [0.717, 1.165) is 17.3 Å². The molecule has 106 heavy (non-hydrogen) atoms. The molecule has 1 heterocycles. The number of nitrogens with zero attached hydrogens (tertiary/aromatic N) is 3. The number of benzene rings is 2. The van der Waals surface area contributed by atoms with E-state index in [-0.39, 0.29) is 141 Å². The van der Waals surface area contributed by atoms with Crippen LogP contribution in [0.5, 0.6) is 0 Å². The number of hydrogen-bond donors (Lipinski definition) is 8. The number of nitrogens with two attached hydrogens (primary N) is 1. The first kappa shape index (κ1) is 92.4. The van der Waals surface area contributed by atoms with Crippen LogP contribution in [0.3, 0.4) is 0 Å². The van der Waals surface area contributed by atoms with E-state index in [1.165, 1.54) is 26.0 Å². The molecule has 27 nitrogen and oxygen atoms in total. The number of Topliss-reactive ketones (excluding diaryl/α,β-unsaturated/α-hetero) is 4. The molecule has 9 amide bonds. The van der Waals surface area contributed by atoms with Gasteiger partial charge in [-0.2, -0.15) is 0 Å². The number of carboxylic acids is 1. The van der Waals surface area contributed by atoms with Crippen molar-refractivity contribution in [3.8, 4) is 0 Å². The molecule has 0 saturated carbocycles. The highest BCUT2D eigenvalue weighted by Gasteiger charge is 2.44. The summed E-state index contributed by atoms with van der Waals surface area (Å²) >= 11 is 0.961. The van der Waals surface area contributed by atoms with Crippen molar-refractivity contribution in [2.24, 2.45) is 53.1 Å². The van der Waals surface area contributed by atoms with Crippen LogP contribution in [-0.4, -0.2) is 203 Å². The zero-order valence-corrected chi connectivity index (χ0v) is 66.2. The van der Waals surface area contributed by atoms with Crippen LogP contribution in [-0.2, 0) is 73.6 Å². The highest BCUT2D eigenvalue weighted by atomic mass is 32.2. The van der Waals surface area contributed by atoms with Gasteiger partial charge in [0.25, 0.3) is 0 Å². The summed E-state index contributed by atoms with van der Waals surface area (Å²) in [7, 11) is 6.21. The highest BCUT2D eigenvalue weighted by molar-refractivity contribution is 8.00. The smallest absolute Gasteiger partial charge is 0.410 e. The highest BCUT2D eigenvalue weighted by Crippen LogP contribution is 2.34. The molecule has 1 aliphatic heterocycles. The van der Waals surface area contributed by atoms with Gasteiger partial charge in [-0.25, -0.2) is 9.59 Å². The van der Waals surface area contributed by atoms with Crippen molar-refractivity contribution in [1.29, 1.82) is 0 Å².